The summed E-state index contributed by atoms with van der Waals surface area (Å²) in [6, 6.07) is 7.98. The summed E-state index contributed by atoms with van der Waals surface area (Å²) in [5.74, 6) is -0.279. The predicted octanol–water partition coefficient (Wildman–Crippen LogP) is 2.87. The van der Waals surface area contributed by atoms with Crippen molar-refractivity contribution in [1.82, 2.24) is 4.90 Å². The van der Waals surface area contributed by atoms with Crippen LogP contribution in [0.3, 0.4) is 0 Å². The van der Waals surface area contributed by atoms with Gasteiger partial charge in [-0.1, -0.05) is 12.1 Å². The van der Waals surface area contributed by atoms with Crippen LogP contribution in [0.25, 0.3) is 0 Å². The quantitative estimate of drug-likeness (QED) is 0.870. The minimum absolute atomic E-state index is 0.0425. The minimum atomic E-state index is -0.804. The van der Waals surface area contributed by atoms with Crippen molar-refractivity contribution in [3.8, 4) is 5.75 Å². The molecule has 0 aromatic heterocycles. The molecule has 1 saturated heterocycles. The van der Waals surface area contributed by atoms with Gasteiger partial charge in [0.2, 0.25) is 5.91 Å². The zero-order valence-electron chi connectivity index (χ0n) is 13.9. The summed E-state index contributed by atoms with van der Waals surface area (Å²) < 4.78 is 6.00. The van der Waals surface area contributed by atoms with E-state index in [4.69, 9.17) is 9.84 Å². The maximum Gasteiger partial charge on any atom is 0.308 e. The van der Waals surface area contributed by atoms with E-state index in [1.165, 1.54) is 12.8 Å². The fourth-order valence-corrected chi connectivity index (χ4v) is 3.57. The number of carboxylic acid groups (broad SMARTS) is 1. The molecular formula is C19H25NO4. The summed E-state index contributed by atoms with van der Waals surface area (Å²) in [4.78, 5) is 24.9. The van der Waals surface area contributed by atoms with Gasteiger partial charge in [-0.05, 0) is 56.2 Å². The minimum Gasteiger partial charge on any atom is -0.490 e. The van der Waals surface area contributed by atoms with Gasteiger partial charge < -0.3 is 14.7 Å². The van der Waals surface area contributed by atoms with Gasteiger partial charge >= 0.3 is 5.97 Å². The lowest BCUT2D eigenvalue weighted by Gasteiger charge is -2.16. The fourth-order valence-electron chi connectivity index (χ4n) is 3.57. The number of ether oxygens (including phenoxy) is 1. The second-order valence-electron chi connectivity index (χ2n) is 6.84. The van der Waals surface area contributed by atoms with Crippen molar-refractivity contribution in [2.45, 2.75) is 51.0 Å². The number of aliphatic carboxylic acids is 1. The lowest BCUT2D eigenvalue weighted by atomic mass is 10.1. The number of aryl methyl sites for hydroxylation is 1. The number of hydrogen-bond donors (Lipinski definition) is 1. The number of carboxylic acids is 1. The third-order valence-corrected chi connectivity index (χ3v) is 5.02. The van der Waals surface area contributed by atoms with Gasteiger partial charge in [0.25, 0.3) is 0 Å². The zero-order chi connectivity index (χ0) is 16.9. The van der Waals surface area contributed by atoms with Crippen molar-refractivity contribution in [2.75, 3.05) is 13.1 Å². The molecule has 2 aliphatic rings. The Morgan fingerprint density at radius 2 is 2.00 bits per heavy atom. The molecule has 0 radical (unpaired) electrons. The first-order chi connectivity index (χ1) is 11.6. The van der Waals surface area contributed by atoms with Crippen molar-refractivity contribution < 1.29 is 19.4 Å². The molecule has 1 amide bonds. The van der Waals surface area contributed by atoms with E-state index in [-0.39, 0.29) is 5.91 Å². The van der Waals surface area contributed by atoms with Crippen molar-refractivity contribution in [1.29, 1.82) is 0 Å². The van der Waals surface area contributed by atoms with E-state index in [0.717, 1.165) is 24.2 Å². The molecule has 1 atom stereocenters. The van der Waals surface area contributed by atoms with Crippen LogP contribution in [0.15, 0.2) is 24.3 Å². The van der Waals surface area contributed by atoms with Crippen molar-refractivity contribution in [3.63, 3.8) is 0 Å². The molecule has 1 aromatic carbocycles. The summed E-state index contributed by atoms with van der Waals surface area (Å²) in [5, 5.41) is 9.02. The Balaban J connectivity index is 1.49. The summed E-state index contributed by atoms with van der Waals surface area (Å²) in [7, 11) is 0. The van der Waals surface area contributed by atoms with E-state index in [1.54, 1.807) is 4.90 Å². The van der Waals surface area contributed by atoms with Gasteiger partial charge in [-0.25, -0.2) is 0 Å². The molecule has 1 saturated carbocycles. The van der Waals surface area contributed by atoms with E-state index in [1.807, 2.05) is 24.3 Å². The second kappa shape index (κ2) is 7.69. The van der Waals surface area contributed by atoms with Gasteiger partial charge in [-0.15, -0.1) is 0 Å². The molecular weight excluding hydrogens is 306 g/mol. The Bertz CT molecular complexity index is 595. The Kier molecular flexibility index (Phi) is 5.38. The van der Waals surface area contributed by atoms with Crippen LogP contribution in [-0.4, -0.2) is 41.1 Å². The highest BCUT2D eigenvalue weighted by Crippen LogP contribution is 2.25. The van der Waals surface area contributed by atoms with Gasteiger partial charge in [0, 0.05) is 19.5 Å². The van der Waals surface area contributed by atoms with Crippen molar-refractivity contribution in [2.24, 2.45) is 5.92 Å². The molecule has 3 rings (SSSR count). The Labute approximate surface area is 142 Å². The highest BCUT2D eigenvalue weighted by molar-refractivity contribution is 5.79. The third kappa shape index (κ3) is 4.28. The number of nitrogens with zero attached hydrogens (tertiary/aromatic N) is 1. The van der Waals surface area contributed by atoms with E-state index < -0.39 is 11.9 Å². The van der Waals surface area contributed by atoms with Crippen LogP contribution in [0.1, 0.15) is 44.1 Å². The number of benzene rings is 1. The number of amides is 1. The number of hydrogen-bond acceptors (Lipinski definition) is 3. The molecule has 1 N–H and O–H groups in total. The summed E-state index contributed by atoms with van der Waals surface area (Å²) in [6.07, 6.45) is 6.71. The Morgan fingerprint density at radius 3 is 2.71 bits per heavy atom. The van der Waals surface area contributed by atoms with E-state index >= 15 is 0 Å². The monoisotopic (exact) mass is 331 g/mol. The molecule has 5 heteroatoms. The summed E-state index contributed by atoms with van der Waals surface area (Å²) in [6.45, 7) is 0.902. The normalized spacial score (nSPS) is 21.2. The largest absolute Gasteiger partial charge is 0.490 e. The first kappa shape index (κ1) is 16.8. The predicted molar refractivity (Wildman–Crippen MR) is 90.0 cm³/mol. The SMILES string of the molecule is O=C(O)[C@@H]1CCN(C(=O)CCc2cccc(OC3CCCC3)c2)C1. The van der Waals surface area contributed by atoms with Crippen molar-refractivity contribution in [3.05, 3.63) is 29.8 Å². The first-order valence-electron chi connectivity index (χ1n) is 8.88. The summed E-state index contributed by atoms with van der Waals surface area (Å²) in [5.41, 5.74) is 1.09. The highest BCUT2D eigenvalue weighted by Gasteiger charge is 2.30. The number of likely N-dealkylation sites (tertiary alicyclic amines) is 1. The van der Waals surface area contributed by atoms with Crippen LogP contribution in [-0.2, 0) is 16.0 Å². The number of carbonyl (C=O) groups excluding carboxylic acids is 1. The molecule has 2 fully saturated rings. The van der Waals surface area contributed by atoms with Gasteiger partial charge in [0.15, 0.2) is 0 Å². The highest BCUT2D eigenvalue weighted by atomic mass is 16.5. The lowest BCUT2D eigenvalue weighted by molar-refractivity contribution is -0.141. The van der Waals surface area contributed by atoms with E-state index in [0.29, 0.717) is 38.5 Å². The maximum absolute atomic E-state index is 12.3. The fraction of sp³-hybridized carbons (Fsp3) is 0.579. The average molecular weight is 331 g/mol. The van der Waals surface area contributed by atoms with E-state index in [2.05, 4.69) is 0 Å². The molecule has 130 valence electrons. The van der Waals surface area contributed by atoms with Gasteiger partial charge in [0.1, 0.15) is 5.75 Å². The maximum atomic E-state index is 12.3. The second-order valence-corrected chi connectivity index (χ2v) is 6.84. The molecule has 5 nitrogen and oxygen atoms in total. The summed E-state index contributed by atoms with van der Waals surface area (Å²) >= 11 is 0. The van der Waals surface area contributed by atoms with Gasteiger partial charge in [-0.3, -0.25) is 9.59 Å². The topological polar surface area (TPSA) is 66.8 Å². The zero-order valence-corrected chi connectivity index (χ0v) is 13.9. The molecule has 0 unspecified atom stereocenters. The van der Waals surface area contributed by atoms with Gasteiger partial charge in [0.05, 0.1) is 12.0 Å². The molecule has 0 spiro atoms. The van der Waals surface area contributed by atoms with Crippen molar-refractivity contribution >= 4 is 11.9 Å². The average Bonchev–Trinajstić information content (AvgIpc) is 3.24. The Hall–Kier alpha value is -2.04. The van der Waals surface area contributed by atoms with Crippen LogP contribution in [0.5, 0.6) is 5.75 Å². The molecule has 24 heavy (non-hydrogen) atoms. The van der Waals surface area contributed by atoms with Crippen LogP contribution in [0, 0.1) is 5.92 Å². The lowest BCUT2D eigenvalue weighted by Crippen LogP contribution is -2.30. The Morgan fingerprint density at radius 1 is 1.21 bits per heavy atom. The molecule has 1 aliphatic carbocycles. The van der Waals surface area contributed by atoms with Crippen LogP contribution in [0.4, 0.5) is 0 Å². The van der Waals surface area contributed by atoms with Crippen LogP contribution >= 0.6 is 0 Å². The van der Waals surface area contributed by atoms with E-state index in [9.17, 15) is 9.59 Å². The molecule has 1 aromatic rings. The third-order valence-electron chi connectivity index (χ3n) is 5.02. The van der Waals surface area contributed by atoms with Crippen LogP contribution in [0.2, 0.25) is 0 Å². The first-order valence-corrected chi connectivity index (χ1v) is 8.88. The molecule has 1 aliphatic heterocycles. The smallest absolute Gasteiger partial charge is 0.308 e. The number of carbonyl (C=O) groups is 2. The molecule has 1 heterocycles. The number of rotatable bonds is 6. The van der Waals surface area contributed by atoms with Gasteiger partial charge in [-0.2, -0.15) is 0 Å². The standard InChI is InChI=1S/C19H25NO4/c21-18(20-11-10-15(13-20)19(22)23)9-8-14-4-3-7-17(12-14)24-16-5-1-2-6-16/h3-4,7,12,15-16H,1-2,5-6,8-11,13H2,(H,22,23)/t15-/m1/s1. The van der Waals surface area contributed by atoms with Crippen LogP contribution < -0.4 is 4.74 Å². The molecule has 0 bridgehead atoms.